The second-order valence-corrected chi connectivity index (χ2v) is 11.4. The predicted octanol–water partition coefficient (Wildman–Crippen LogP) is 11.3. The summed E-state index contributed by atoms with van der Waals surface area (Å²) in [6.07, 6.45) is 2.25. The molecule has 0 aliphatic carbocycles. The summed E-state index contributed by atoms with van der Waals surface area (Å²) in [5, 5.41) is 3.73. The molecule has 9 aromatic rings. The van der Waals surface area contributed by atoms with Crippen LogP contribution in [0.1, 0.15) is 0 Å². The van der Waals surface area contributed by atoms with Gasteiger partial charge in [-0.25, -0.2) is 0 Å². The lowest BCUT2D eigenvalue weighted by atomic mass is 10.0. The Balaban J connectivity index is 1.39. The number of hydrogen-bond donors (Lipinski definition) is 0. The second kappa shape index (κ2) is 10.3. The fraction of sp³-hybridized carbons (Fsp3) is 0. The van der Waals surface area contributed by atoms with Crippen LogP contribution in [0.25, 0.3) is 55.0 Å². The van der Waals surface area contributed by atoms with E-state index in [-0.39, 0.29) is 0 Å². The fourth-order valence-corrected chi connectivity index (χ4v) is 7.01. The summed E-state index contributed by atoms with van der Waals surface area (Å²) < 4.78 is 4.82. The Morgan fingerprint density at radius 3 is 1.69 bits per heavy atom. The number of nitrogens with zero attached hydrogens (tertiary/aromatic N) is 3. The largest absolute Gasteiger partial charge is 0.314 e. The molecule has 0 unspecified atom stereocenters. The highest BCUT2D eigenvalue weighted by atomic mass is 15.1. The molecular weight excluding hydrogens is 546 g/mol. The number of anilines is 3. The summed E-state index contributed by atoms with van der Waals surface area (Å²) in [6, 6.07) is 60.8. The summed E-state index contributed by atoms with van der Waals surface area (Å²) in [7, 11) is 0. The third-order valence-electron chi connectivity index (χ3n) is 8.88. The summed E-state index contributed by atoms with van der Waals surface area (Å²) in [4.78, 5) is 2.33. The van der Waals surface area contributed by atoms with Crippen molar-refractivity contribution in [1.29, 1.82) is 0 Å². The van der Waals surface area contributed by atoms with Crippen molar-refractivity contribution in [2.24, 2.45) is 0 Å². The Hall–Kier alpha value is -6.06. The molecular formula is C42H29N3. The van der Waals surface area contributed by atoms with Gasteiger partial charge in [0.05, 0.1) is 22.1 Å². The molecule has 0 aliphatic rings. The average molecular weight is 576 g/mol. The topological polar surface area (TPSA) is 12.6 Å². The molecule has 45 heavy (non-hydrogen) atoms. The van der Waals surface area contributed by atoms with E-state index in [9.17, 15) is 0 Å². The maximum atomic E-state index is 2.44. The Kier molecular flexibility index (Phi) is 5.82. The third kappa shape index (κ3) is 3.98. The van der Waals surface area contributed by atoms with Crippen molar-refractivity contribution in [3.8, 4) is 16.8 Å². The minimum absolute atomic E-state index is 1.11. The molecule has 0 N–H and O–H groups in total. The normalized spacial score (nSPS) is 11.6. The molecule has 3 nitrogen and oxygen atoms in total. The van der Waals surface area contributed by atoms with Gasteiger partial charge in [0, 0.05) is 50.7 Å². The molecule has 3 heteroatoms. The zero-order chi connectivity index (χ0) is 29.7. The number of hydrogen-bond acceptors (Lipinski definition) is 1. The monoisotopic (exact) mass is 575 g/mol. The third-order valence-corrected chi connectivity index (χ3v) is 8.88. The van der Waals surface area contributed by atoms with Crippen LogP contribution in [-0.4, -0.2) is 8.97 Å². The first kappa shape index (κ1) is 25.4. The molecule has 3 aromatic heterocycles. The highest BCUT2D eigenvalue weighted by Gasteiger charge is 2.22. The summed E-state index contributed by atoms with van der Waals surface area (Å²) in [6.45, 7) is 0. The van der Waals surface area contributed by atoms with Crippen LogP contribution >= 0.6 is 0 Å². The van der Waals surface area contributed by atoms with Crippen LogP contribution in [0.2, 0.25) is 0 Å². The Labute approximate surface area is 261 Å². The molecule has 0 amide bonds. The Morgan fingerprint density at radius 1 is 0.400 bits per heavy atom. The van der Waals surface area contributed by atoms with Crippen molar-refractivity contribution < 1.29 is 0 Å². The molecule has 0 spiro atoms. The number of rotatable bonds is 5. The molecule has 3 heterocycles. The number of pyridine rings is 1. The molecule has 0 aliphatic heterocycles. The zero-order valence-corrected chi connectivity index (χ0v) is 24.6. The van der Waals surface area contributed by atoms with Crippen LogP contribution < -0.4 is 4.90 Å². The van der Waals surface area contributed by atoms with Gasteiger partial charge in [-0.3, -0.25) is 0 Å². The van der Waals surface area contributed by atoms with Crippen LogP contribution in [0.4, 0.5) is 17.1 Å². The fourth-order valence-electron chi connectivity index (χ4n) is 7.01. The van der Waals surface area contributed by atoms with Crippen molar-refractivity contribution in [3.63, 3.8) is 0 Å². The van der Waals surface area contributed by atoms with Crippen LogP contribution in [0.5, 0.6) is 0 Å². The highest BCUT2D eigenvalue weighted by Crippen LogP contribution is 2.44. The van der Waals surface area contributed by atoms with Gasteiger partial charge in [-0.1, -0.05) is 103 Å². The SMILES string of the molecule is c1ccc(N(c2ccccc2)c2cccc(-c3c4ccccc4n4ccc5c6ccccc6n(-c6ccccc6)c5c34)c2)cc1. The smallest absolute Gasteiger partial charge is 0.0790 e. The first-order valence-corrected chi connectivity index (χ1v) is 15.4. The number of aromatic nitrogens is 2. The summed E-state index contributed by atoms with van der Waals surface area (Å²) in [5.74, 6) is 0. The Bertz CT molecular complexity index is 2430. The van der Waals surface area contributed by atoms with Crippen molar-refractivity contribution in [3.05, 3.63) is 176 Å². The van der Waals surface area contributed by atoms with E-state index >= 15 is 0 Å². The standard InChI is InChI=1S/C42H29N3/c1-4-16-31(17-5-1)44(32-18-6-2-7-19-32)34-22-14-15-30(29-34)40-37-24-11-12-25-38(37)43-28-27-36-35-23-10-13-26-39(35)45(41(36)42(40)43)33-20-8-3-9-21-33/h1-29H. The lowest BCUT2D eigenvalue weighted by Crippen LogP contribution is -2.09. The molecule has 0 atom stereocenters. The molecule has 0 bridgehead atoms. The van der Waals surface area contributed by atoms with Crippen molar-refractivity contribution in [1.82, 2.24) is 8.97 Å². The van der Waals surface area contributed by atoms with Crippen molar-refractivity contribution in [2.75, 3.05) is 4.90 Å². The molecule has 0 saturated carbocycles. The van der Waals surface area contributed by atoms with E-state index in [1.165, 1.54) is 49.4 Å². The van der Waals surface area contributed by atoms with E-state index in [1.807, 2.05) is 0 Å². The lowest BCUT2D eigenvalue weighted by Gasteiger charge is -2.26. The van der Waals surface area contributed by atoms with Crippen LogP contribution in [0.15, 0.2) is 176 Å². The van der Waals surface area contributed by atoms with Gasteiger partial charge in [0.25, 0.3) is 0 Å². The molecule has 0 fully saturated rings. The maximum absolute atomic E-state index is 2.44. The number of benzene rings is 6. The second-order valence-electron chi connectivity index (χ2n) is 11.4. The summed E-state index contributed by atoms with van der Waals surface area (Å²) >= 11 is 0. The van der Waals surface area contributed by atoms with Gasteiger partial charge in [0.15, 0.2) is 0 Å². The van der Waals surface area contributed by atoms with E-state index in [2.05, 4.69) is 190 Å². The molecule has 0 saturated heterocycles. The van der Waals surface area contributed by atoms with Crippen LogP contribution in [0.3, 0.4) is 0 Å². The first-order chi connectivity index (χ1) is 22.4. The Morgan fingerprint density at radius 2 is 0.978 bits per heavy atom. The average Bonchev–Trinajstić information content (AvgIpc) is 3.63. The zero-order valence-electron chi connectivity index (χ0n) is 24.6. The minimum atomic E-state index is 1.11. The van der Waals surface area contributed by atoms with Crippen LogP contribution in [0, 0.1) is 0 Å². The van der Waals surface area contributed by atoms with E-state index < -0.39 is 0 Å². The van der Waals surface area contributed by atoms with E-state index in [4.69, 9.17) is 0 Å². The van der Waals surface area contributed by atoms with Crippen molar-refractivity contribution in [2.45, 2.75) is 0 Å². The molecule has 212 valence electrons. The van der Waals surface area contributed by atoms with Gasteiger partial charge in [0.2, 0.25) is 0 Å². The van der Waals surface area contributed by atoms with Gasteiger partial charge in [0.1, 0.15) is 0 Å². The van der Waals surface area contributed by atoms with Gasteiger partial charge in [-0.2, -0.15) is 0 Å². The van der Waals surface area contributed by atoms with Gasteiger partial charge in [-0.15, -0.1) is 0 Å². The summed E-state index contributed by atoms with van der Waals surface area (Å²) in [5.41, 5.74) is 11.8. The van der Waals surface area contributed by atoms with Crippen molar-refractivity contribution >= 4 is 55.3 Å². The van der Waals surface area contributed by atoms with E-state index in [1.54, 1.807) is 0 Å². The predicted molar refractivity (Wildman–Crippen MR) is 189 cm³/mol. The highest BCUT2D eigenvalue weighted by molar-refractivity contribution is 6.20. The van der Waals surface area contributed by atoms with Gasteiger partial charge < -0.3 is 13.9 Å². The van der Waals surface area contributed by atoms with E-state index in [0.717, 1.165) is 22.7 Å². The maximum Gasteiger partial charge on any atom is 0.0790 e. The number of fused-ring (bicyclic) bond motifs is 7. The van der Waals surface area contributed by atoms with E-state index in [0.29, 0.717) is 0 Å². The molecule has 6 aromatic carbocycles. The van der Waals surface area contributed by atoms with Crippen LogP contribution in [-0.2, 0) is 0 Å². The van der Waals surface area contributed by atoms with Gasteiger partial charge in [-0.05, 0) is 72.3 Å². The molecule has 9 rings (SSSR count). The first-order valence-electron chi connectivity index (χ1n) is 15.4. The number of para-hydroxylation sites is 5. The van der Waals surface area contributed by atoms with Gasteiger partial charge >= 0.3 is 0 Å². The minimum Gasteiger partial charge on any atom is -0.314 e. The quantitative estimate of drug-likeness (QED) is 0.199. The molecule has 0 radical (unpaired) electrons. The lowest BCUT2D eigenvalue weighted by molar-refractivity contribution is 1.17.